The van der Waals surface area contributed by atoms with E-state index in [2.05, 4.69) is 24.0 Å². The van der Waals surface area contributed by atoms with Crippen LogP contribution in [0.4, 0.5) is 0 Å². The number of carbonyl (C=O) groups is 1. The van der Waals surface area contributed by atoms with Gasteiger partial charge in [0.25, 0.3) is 0 Å². The molecule has 0 aliphatic rings. The molecule has 0 amide bonds. The Morgan fingerprint density at radius 3 is 2.62 bits per heavy atom. The van der Waals surface area contributed by atoms with Crippen molar-refractivity contribution in [2.24, 2.45) is 7.05 Å². The van der Waals surface area contributed by atoms with Crippen molar-refractivity contribution < 1.29 is 9.53 Å². The first-order valence-electron chi connectivity index (χ1n) is 7.20. The average Bonchev–Trinajstić information content (AvgIpc) is 2.92. The molecule has 114 valence electrons. The molecule has 6 heteroatoms. The largest absolute Gasteiger partial charge is 0.462 e. The molecule has 0 bridgehead atoms. The van der Waals surface area contributed by atoms with Gasteiger partial charge in [0.1, 0.15) is 5.56 Å². The molecule has 0 aliphatic carbocycles. The minimum absolute atomic E-state index is 0.335. The van der Waals surface area contributed by atoms with E-state index in [0.29, 0.717) is 18.7 Å². The highest BCUT2D eigenvalue weighted by molar-refractivity contribution is 5.90. The molecular weight excluding hydrogens is 268 g/mol. The van der Waals surface area contributed by atoms with E-state index in [-0.39, 0.29) is 5.97 Å². The maximum atomic E-state index is 12.0. The predicted molar refractivity (Wildman–Crippen MR) is 79.3 cm³/mol. The smallest absolute Gasteiger partial charge is 0.341 e. The molecule has 2 aromatic heterocycles. The molecular formula is C15H22N4O2. The maximum Gasteiger partial charge on any atom is 0.341 e. The van der Waals surface area contributed by atoms with Gasteiger partial charge in [0.2, 0.25) is 0 Å². The number of esters is 1. The summed E-state index contributed by atoms with van der Waals surface area (Å²) in [6.07, 6.45) is 2.51. The van der Waals surface area contributed by atoms with Crippen molar-refractivity contribution in [1.82, 2.24) is 19.6 Å². The summed E-state index contributed by atoms with van der Waals surface area (Å²) in [4.78, 5) is 12.0. The molecule has 0 saturated carbocycles. The molecule has 0 atom stereocenters. The van der Waals surface area contributed by atoms with Gasteiger partial charge in [0, 0.05) is 12.7 Å². The highest BCUT2D eigenvalue weighted by Gasteiger charge is 2.19. The number of nitrogens with zero attached hydrogens (tertiary/aromatic N) is 4. The lowest BCUT2D eigenvalue weighted by Gasteiger charge is -2.08. The van der Waals surface area contributed by atoms with Gasteiger partial charge in [-0.1, -0.05) is 6.92 Å². The van der Waals surface area contributed by atoms with E-state index in [4.69, 9.17) is 4.74 Å². The van der Waals surface area contributed by atoms with Crippen LogP contribution >= 0.6 is 0 Å². The van der Waals surface area contributed by atoms with Crippen molar-refractivity contribution in [2.75, 3.05) is 6.61 Å². The second kappa shape index (κ2) is 6.11. The zero-order chi connectivity index (χ0) is 15.6. The Morgan fingerprint density at radius 2 is 2.05 bits per heavy atom. The fraction of sp³-hybridized carbons (Fsp3) is 0.533. The number of aryl methyl sites for hydroxylation is 2. The molecule has 2 aromatic rings. The Balaban J connectivity index is 2.36. The van der Waals surface area contributed by atoms with Crippen molar-refractivity contribution >= 4 is 5.97 Å². The third-order valence-electron chi connectivity index (χ3n) is 3.74. The monoisotopic (exact) mass is 290 g/mol. The summed E-state index contributed by atoms with van der Waals surface area (Å²) in [5.41, 5.74) is 4.74. The van der Waals surface area contributed by atoms with Crippen LogP contribution in [0.2, 0.25) is 0 Å². The Kier molecular flexibility index (Phi) is 4.45. The molecule has 0 spiro atoms. The fourth-order valence-corrected chi connectivity index (χ4v) is 2.57. The first-order valence-corrected chi connectivity index (χ1v) is 7.20. The van der Waals surface area contributed by atoms with Gasteiger partial charge in [-0.15, -0.1) is 0 Å². The summed E-state index contributed by atoms with van der Waals surface area (Å²) < 4.78 is 8.71. The number of rotatable bonds is 5. The lowest BCUT2D eigenvalue weighted by molar-refractivity contribution is 0.0524. The van der Waals surface area contributed by atoms with E-state index >= 15 is 0 Å². The summed E-state index contributed by atoms with van der Waals surface area (Å²) in [5, 5.41) is 8.74. The Hall–Kier alpha value is -2.11. The van der Waals surface area contributed by atoms with Gasteiger partial charge < -0.3 is 4.74 Å². The van der Waals surface area contributed by atoms with Crippen molar-refractivity contribution in [3.8, 4) is 0 Å². The number of hydrogen-bond acceptors (Lipinski definition) is 4. The standard InChI is InChI=1S/C15H22N4O2/c1-6-12-10(3)17-19(11(12)4)9-14-13(8-16-18(14)5)15(20)21-7-2/h8H,6-7,9H2,1-5H3. The minimum Gasteiger partial charge on any atom is -0.462 e. The molecule has 0 unspecified atom stereocenters. The molecule has 2 rings (SSSR count). The SMILES string of the molecule is CCOC(=O)c1cnn(C)c1Cn1nc(C)c(CC)c1C. The Bertz CT molecular complexity index is 655. The van der Waals surface area contributed by atoms with Crippen molar-refractivity contribution in [1.29, 1.82) is 0 Å². The molecule has 0 aliphatic heterocycles. The number of carbonyl (C=O) groups excluding carboxylic acids is 1. The minimum atomic E-state index is -0.335. The molecule has 0 aromatic carbocycles. The van der Waals surface area contributed by atoms with Crippen molar-refractivity contribution in [3.63, 3.8) is 0 Å². The maximum absolute atomic E-state index is 12.0. The summed E-state index contributed by atoms with van der Waals surface area (Å²) in [5.74, 6) is -0.335. The van der Waals surface area contributed by atoms with Gasteiger partial charge in [0.05, 0.1) is 30.7 Å². The predicted octanol–water partition coefficient (Wildman–Crippen LogP) is 2.02. The summed E-state index contributed by atoms with van der Waals surface area (Å²) in [7, 11) is 1.82. The first kappa shape index (κ1) is 15.3. The van der Waals surface area contributed by atoms with E-state index in [1.807, 2.05) is 18.7 Å². The second-order valence-electron chi connectivity index (χ2n) is 5.01. The van der Waals surface area contributed by atoms with Crippen LogP contribution in [0.5, 0.6) is 0 Å². The second-order valence-corrected chi connectivity index (χ2v) is 5.01. The van der Waals surface area contributed by atoms with Crippen molar-refractivity contribution in [3.05, 3.63) is 34.4 Å². The normalized spacial score (nSPS) is 10.9. The van der Waals surface area contributed by atoms with E-state index in [1.165, 1.54) is 5.56 Å². The molecule has 21 heavy (non-hydrogen) atoms. The topological polar surface area (TPSA) is 61.9 Å². The number of aromatic nitrogens is 4. The Morgan fingerprint density at radius 1 is 1.33 bits per heavy atom. The summed E-state index contributed by atoms with van der Waals surface area (Å²) >= 11 is 0. The van der Waals surface area contributed by atoms with Gasteiger partial charge >= 0.3 is 5.97 Å². The van der Waals surface area contributed by atoms with Gasteiger partial charge in [-0.25, -0.2) is 4.79 Å². The Labute approximate surface area is 124 Å². The van der Waals surface area contributed by atoms with E-state index in [0.717, 1.165) is 23.5 Å². The quantitative estimate of drug-likeness (QED) is 0.790. The molecule has 6 nitrogen and oxygen atoms in total. The zero-order valence-corrected chi connectivity index (χ0v) is 13.3. The van der Waals surface area contributed by atoms with Crippen LogP contribution < -0.4 is 0 Å². The number of ether oxygens (including phenoxy) is 1. The van der Waals surface area contributed by atoms with Crippen LogP contribution in [0.25, 0.3) is 0 Å². The third-order valence-corrected chi connectivity index (χ3v) is 3.74. The van der Waals surface area contributed by atoms with Crippen LogP contribution in [0, 0.1) is 13.8 Å². The highest BCUT2D eigenvalue weighted by atomic mass is 16.5. The van der Waals surface area contributed by atoms with Crippen LogP contribution in [0.3, 0.4) is 0 Å². The molecule has 0 radical (unpaired) electrons. The highest BCUT2D eigenvalue weighted by Crippen LogP contribution is 2.17. The average molecular weight is 290 g/mol. The van der Waals surface area contributed by atoms with E-state index in [9.17, 15) is 4.79 Å². The lowest BCUT2D eigenvalue weighted by Crippen LogP contribution is -2.14. The molecule has 0 fully saturated rings. The van der Waals surface area contributed by atoms with Crippen LogP contribution in [0.15, 0.2) is 6.20 Å². The molecule has 0 saturated heterocycles. The van der Waals surface area contributed by atoms with Crippen LogP contribution in [0.1, 0.15) is 46.9 Å². The van der Waals surface area contributed by atoms with Crippen LogP contribution in [-0.2, 0) is 24.8 Å². The van der Waals surface area contributed by atoms with Gasteiger partial charge in [-0.2, -0.15) is 10.2 Å². The van der Waals surface area contributed by atoms with Gasteiger partial charge in [-0.3, -0.25) is 9.36 Å². The van der Waals surface area contributed by atoms with Gasteiger partial charge in [0.15, 0.2) is 0 Å². The lowest BCUT2D eigenvalue weighted by atomic mass is 10.1. The fourth-order valence-electron chi connectivity index (χ4n) is 2.57. The molecule has 2 heterocycles. The summed E-state index contributed by atoms with van der Waals surface area (Å²) in [6.45, 7) is 8.85. The summed E-state index contributed by atoms with van der Waals surface area (Å²) in [6, 6.07) is 0. The zero-order valence-electron chi connectivity index (χ0n) is 13.3. The van der Waals surface area contributed by atoms with E-state index < -0.39 is 0 Å². The van der Waals surface area contributed by atoms with Crippen molar-refractivity contribution in [2.45, 2.75) is 40.7 Å². The molecule has 0 N–H and O–H groups in total. The van der Waals surface area contributed by atoms with Gasteiger partial charge in [-0.05, 0) is 32.8 Å². The third kappa shape index (κ3) is 2.84. The number of hydrogen-bond donors (Lipinski definition) is 0. The van der Waals surface area contributed by atoms with E-state index in [1.54, 1.807) is 17.8 Å². The first-order chi connectivity index (χ1) is 9.99. The van der Waals surface area contributed by atoms with Crippen LogP contribution in [-0.4, -0.2) is 32.1 Å².